The lowest BCUT2D eigenvalue weighted by atomic mass is 10.4. The molecule has 21 heavy (non-hydrogen) atoms. The Kier molecular flexibility index (Phi) is 3.01. The van der Waals surface area contributed by atoms with Crippen molar-refractivity contribution in [1.29, 1.82) is 0 Å². The van der Waals surface area contributed by atoms with Gasteiger partial charge < -0.3 is 5.11 Å². The lowest BCUT2D eigenvalue weighted by molar-refractivity contribution is -0.137. The second-order valence-electron chi connectivity index (χ2n) is 4.38. The number of hydrogen-bond acceptors (Lipinski definition) is 7. The molecule has 1 N–H and O–H groups in total. The number of carbonyl (C=O) groups is 3. The third-order valence-corrected chi connectivity index (χ3v) is 3.84. The summed E-state index contributed by atoms with van der Waals surface area (Å²) in [4.78, 5) is 40.0. The molecule has 0 saturated heterocycles. The molecule has 0 radical (unpaired) electrons. The van der Waals surface area contributed by atoms with Crippen LogP contribution in [-0.2, 0) is 4.79 Å². The van der Waals surface area contributed by atoms with Gasteiger partial charge in [-0.15, -0.1) is 16.4 Å². The molecule has 10 heteroatoms. The van der Waals surface area contributed by atoms with Gasteiger partial charge in [0, 0.05) is 11.9 Å². The third-order valence-electron chi connectivity index (χ3n) is 2.90. The lowest BCUT2D eigenvalue weighted by Gasteiger charge is -2.11. The standard InChI is InChI=1S/C11H9N5O4S/c1-5-4-21-11(12-5)16-8-7(13-14-16)9(19)15(10(8)20)3-2-6(17)18/h4H,2-3H2,1H3,(H,17,18). The zero-order valence-corrected chi connectivity index (χ0v) is 11.6. The van der Waals surface area contributed by atoms with Crippen molar-refractivity contribution in [2.24, 2.45) is 0 Å². The first-order valence-electron chi connectivity index (χ1n) is 5.95. The smallest absolute Gasteiger partial charge is 0.305 e. The van der Waals surface area contributed by atoms with E-state index in [1.54, 1.807) is 12.3 Å². The second-order valence-corrected chi connectivity index (χ2v) is 5.21. The number of imide groups is 1. The first-order chi connectivity index (χ1) is 9.99. The number of carbonyl (C=O) groups excluding carboxylic acids is 2. The summed E-state index contributed by atoms with van der Waals surface area (Å²) >= 11 is 1.27. The topological polar surface area (TPSA) is 118 Å². The lowest BCUT2D eigenvalue weighted by Crippen LogP contribution is -2.33. The minimum absolute atomic E-state index is 0.0275. The predicted molar refractivity (Wildman–Crippen MR) is 69.4 cm³/mol. The van der Waals surface area contributed by atoms with Crippen LogP contribution in [0.1, 0.15) is 33.1 Å². The summed E-state index contributed by atoms with van der Waals surface area (Å²) in [7, 11) is 0. The molecule has 3 heterocycles. The average molecular weight is 307 g/mol. The number of aromatic nitrogens is 4. The summed E-state index contributed by atoms with van der Waals surface area (Å²) in [6, 6.07) is 0. The summed E-state index contributed by atoms with van der Waals surface area (Å²) in [6.07, 6.45) is -0.314. The van der Waals surface area contributed by atoms with Gasteiger partial charge in [0.05, 0.1) is 12.1 Å². The summed E-state index contributed by atoms with van der Waals surface area (Å²) in [5, 5.41) is 18.4. The van der Waals surface area contributed by atoms with Gasteiger partial charge in [-0.1, -0.05) is 5.21 Å². The van der Waals surface area contributed by atoms with Crippen molar-refractivity contribution in [1.82, 2.24) is 24.9 Å². The van der Waals surface area contributed by atoms with Crippen molar-refractivity contribution < 1.29 is 19.5 Å². The zero-order chi connectivity index (χ0) is 15.1. The van der Waals surface area contributed by atoms with Crippen molar-refractivity contribution in [2.45, 2.75) is 13.3 Å². The maximum absolute atomic E-state index is 12.3. The van der Waals surface area contributed by atoms with Crippen LogP contribution in [-0.4, -0.2) is 54.3 Å². The molecule has 3 rings (SSSR count). The molecule has 0 aromatic carbocycles. The largest absolute Gasteiger partial charge is 0.481 e. The molecule has 108 valence electrons. The van der Waals surface area contributed by atoms with E-state index in [0.29, 0.717) is 5.13 Å². The van der Waals surface area contributed by atoms with Crippen molar-refractivity contribution in [3.05, 3.63) is 22.5 Å². The zero-order valence-electron chi connectivity index (χ0n) is 10.8. The molecule has 9 nitrogen and oxygen atoms in total. The molecule has 0 spiro atoms. The number of fused-ring (bicyclic) bond motifs is 1. The normalized spacial score (nSPS) is 13.9. The maximum Gasteiger partial charge on any atom is 0.305 e. The number of rotatable bonds is 4. The maximum atomic E-state index is 12.3. The van der Waals surface area contributed by atoms with Crippen molar-refractivity contribution in [3.63, 3.8) is 0 Å². The quantitative estimate of drug-likeness (QED) is 0.796. The summed E-state index contributed by atoms with van der Waals surface area (Å²) in [5.74, 6) is -2.32. The van der Waals surface area contributed by atoms with E-state index in [9.17, 15) is 14.4 Å². The van der Waals surface area contributed by atoms with Crippen LogP contribution in [0.25, 0.3) is 5.13 Å². The average Bonchev–Trinajstić information content (AvgIpc) is 3.07. The fourth-order valence-corrected chi connectivity index (χ4v) is 2.70. The number of aliphatic carboxylic acids is 1. The van der Waals surface area contributed by atoms with Gasteiger partial charge in [0.2, 0.25) is 5.13 Å². The molecule has 2 amide bonds. The summed E-state index contributed by atoms with van der Waals surface area (Å²) < 4.78 is 1.22. The second kappa shape index (κ2) is 4.74. The molecule has 2 aromatic heterocycles. The van der Waals surface area contributed by atoms with Crippen molar-refractivity contribution in [2.75, 3.05) is 6.54 Å². The number of carboxylic acids is 1. The molecular weight excluding hydrogens is 298 g/mol. The van der Waals surface area contributed by atoms with Crippen LogP contribution in [0.3, 0.4) is 0 Å². The van der Waals surface area contributed by atoms with Crippen LogP contribution >= 0.6 is 11.3 Å². The molecule has 0 bridgehead atoms. The SMILES string of the molecule is Cc1csc(-n2nnc3c2C(=O)N(CCC(=O)O)C3=O)n1. The van der Waals surface area contributed by atoms with E-state index < -0.39 is 17.8 Å². The van der Waals surface area contributed by atoms with E-state index in [1.807, 2.05) is 0 Å². The number of nitrogens with zero attached hydrogens (tertiary/aromatic N) is 5. The Morgan fingerprint density at radius 3 is 2.76 bits per heavy atom. The van der Waals surface area contributed by atoms with E-state index in [-0.39, 0.29) is 24.4 Å². The monoisotopic (exact) mass is 307 g/mol. The molecule has 1 aliphatic heterocycles. The Bertz CT molecular complexity index is 765. The van der Waals surface area contributed by atoms with Crippen molar-refractivity contribution >= 4 is 29.1 Å². The molecule has 1 aliphatic rings. The van der Waals surface area contributed by atoms with Gasteiger partial charge in [-0.3, -0.25) is 19.3 Å². The van der Waals surface area contributed by atoms with Gasteiger partial charge in [0.25, 0.3) is 11.8 Å². The minimum atomic E-state index is -1.09. The van der Waals surface area contributed by atoms with Crippen LogP contribution in [0, 0.1) is 6.92 Å². The molecule has 0 aliphatic carbocycles. The highest BCUT2D eigenvalue weighted by Gasteiger charge is 2.42. The summed E-state index contributed by atoms with van der Waals surface area (Å²) in [5.41, 5.74) is 0.719. The van der Waals surface area contributed by atoms with Gasteiger partial charge in [-0.25, -0.2) is 4.98 Å². The Labute approximate surface area is 121 Å². The third kappa shape index (κ3) is 2.09. The van der Waals surface area contributed by atoms with Crippen LogP contribution in [0.15, 0.2) is 5.38 Å². The Hall–Kier alpha value is -2.62. The first kappa shape index (κ1) is 13.4. The van der Waals surface area contributed by atoms with E-state index in [0.717, 1.165) is 10.6 Å². The van der Waals surface area contributed by atoms with Crippen LogP contribution in [0.5, 0.6) is 0 Å². The fourth-order valence-electron chi connectivity index (χ4n) is 1.95. The van der Waals surface area contributed by atoms with E-state index in [2.05, 4.69) is 15.3 Å². The number of thiazole rings is 1. The Morgan fingerprint density at radius 1 is 1.38 bits per heavy atom. The number of carboxylic acid groups (broad SMARTS) is 1. The van der Waals surface area contributed by atoms with E-state index >= 15 is 0 Å². The van der Waals surface area contributed by atoms with Crippen molar-refractivity contribution in [3.8, 4) is 5.13 Å². The molecule has 2 aromatic rings. The number of aryl methyl sites for hydroxylation is 1. The highest BCUT2D eigenvalue weighted by molar-refractivity contribution is 7.12. The molecule has 0 atom stereocenters. The van der Waals surface area contributed by atoms with Gasteiger partial charge in [-0.05, 0) is 6.92 Å². The highest BCUT2D eigenvalue weighted by atomic mass is 32.1. The van der Waals surface area contributed by atoms with E-state index in [4.69, 9.17) is 5.11 Å². The van der Waals surface area contributed by atoms with Crippen LogP contribution in [0.4, 0.5) is 0 Å². The molecule has 0 fully saturated rings. The molecule has 0 unspecified atom stereocenters. The Balaban J connectivity index is 1.97. The van der Waals surface area contributed by atoms with E-state index in [1.165, 1.54) is 16.0 Å². The fraction of sp³-hybridized carbons (Fsp3) is 0.273. The van der Waals surface area contributed by atoms with Gasteiger partial charge in [0.1, 0.15) is 0 Å². The van der Waals surface area contributed by atoms with Gasteiger partial charge >= 0.3 is 5.97 Å². The molecular formula is C11H9N5O4S. The predicted octanol–water partition coefficient (Wildman–Crippen LogP) is 0.103. The van der Waals surface area contributed by atoms with Gasteiger partial charge in [0.15, 0.2) is 11.4 Å². The number of amides is 2. The Morgan fingerprint density at radius 2 is 2.14 bits per heavy atom. The highest BCUT2D eigenvalue weighted by Crippen LogP contribution is 2.24. The minimum Gasteiger partial charge on any atom is -0.481 e. The molecule has 0 saturated carbocycles. The van der Waals surface area contributed by atoms with Gasteiger partial charge in [-0.2, -0.15) is 4.68 Å². The summed E-state index contributed by atoms with van der Waals surface area (Å²) in [6.45, 7) is 1.60. The van der Waals surface area contributed by atoms with Crippen LogP contribution < -0.4 is 0 Å². The number of hydrogen-bond donors (Lipinski definition) is 1. The van der Waals surface area contributed by atoms with Crippen LogP contribution in [0.2, 0.25) is 0 Å². The first-order valence-corrected chi connectivity index (χ1v) is 6.83.